The lowest BCUT2D eigenvalue weighted by atomic mass is 9.58. The molecule has 5 heteroatoms. The zero-order valence-electron chi connectivity index (χ0n) is 12.2. The maximum atomic E-state index is 12.1. The Balaban J connectivity index is 1.79. The fourth-order valence-corrected chi connectivity index (χ4v) is 4.67. The van der Waals surface area contributed by atoms with E-state index in [-0.39, 0.29) is 29.8 Å². The topological polar surface area (TPSA) is 68.3 Å². The summed E-state index contributed by atoms with van der Waals surface area (Å²) in [6.07, 6.45) is 1.79. The van der Waals surface area contributed by atoms with Gasteiger partial charge in [0.2, 0.25) is 6.29 Å². The fraction of sp³-hybridized carbons (Fsp3) is 0.933. The standard InChI is InChI=1S/C15H22O5/c1-7-4-5-9-8(2)12(16)18-13-15(9,17)10(7)6-11-14(3,19-11)20-13/h7-11,13,17H,4-6H2,1-3H3/t7-,8-,9+,10+,11-,13-,14+,15+/m1/s1. The van der Waals surface area contributed by atoms with Gasteiger partial charge in [0.1, 0.15) is 11.7 Å². The second-order valence-electron chi connectivity index (χ2n) is 7.19. The van der Waals surface area contributed by atoms with Crippen molar-refractivity contribution in [2.75, 3.05) is 0 Å². The molecule has 8 atom stereocenters. The Hall–Kier alpha value is -0.650. The normalized spacial score (nSPS) is 60.9. The second-order valence-corrected chi connectivity index (χ2v) is 7.19. The highest BCUT2D eigenvalue weighted by atomic mass is 16.8. The van der Waals surface area contributed by atoms with E-state index in [4.69, 9.17) is 14.2 Å². The van der Waals surface area contributed by atoms with Crippen LogP contribution in [0.5, 0.6) is 0 Å². The van der Waals surface area contributed by atoms with Gasteiger partial charge in [-0.25, -0.2) is 0 Å². The smallest absolute Gasteiger partial charge is 0.311 e. The molecule has 0 radical (unpaired) electrons. The van der Waals surface area contributed by atoms with Crippen molar-refractivity contribution in [1.29, 1.82) is 0 Å². The summed E-state index contributed by atoms with van der Waals surface area (Å²) in [7, 11) is 0. The van der Waals surface area contributed by atoms with Crippen LogP contribution < -0.4 is 0 Å². The molecule has 1 saturated carbocycles. The first-order chi connectivity index (χ1) is 9.36. The predicted octanol–water partition coefficient (Wildman–Crippen LogP) is 1.43. The Bertz CT molecular complexity index is 465. The summed E-state index contributed by atoms with van der Waals surface area (Å²) in [5.41, 5.74) is -1.06. The molecule has 1 aliphatic carbocycles. The molecule has 4 fully saturated rings. The number of ether oxygens (including phenoxy) is 3. The molecule has 0 bridgehead atoms. The number of carbonyl (C=O) groups is 1. The first-order valence-electron chi connectivity index (χ1n) is 7.64. The van der Waals surface area contributed by atoms with Crippen LogP contribution in [0, 0.1) is 23.7 Å². The van der Waals surface area contributed by atoms with E-state index in [0.717, 1.165) is 19.3 Å². The largest absolute Gasteiger partial charge is 0.432 e. The highest BCUT2D eigenvalue weighted by Crippen LogP contribution is 2.58. The molecular formula is C15H22O5. The summed E-state index contributed by atoms with van der Waals surface area (Å²) in [6, 6.07) is 0. The lowest BCUT2D eigenvalue weighted by Crippen LogP contribution is -2.66. The van der Waals surface area contributed by atoms with Gasteiger partial charge < -0.3 is 19.3 Å². The maximum absolute atomic E-state index is 12.1. The average molecular weight is 282 g/mol. The van der Waals surface area contributed by atoms with Crippen LogP contribution in [-0.4, -0.2) is 34.9 Å². The fourth-order valence-electron chi connectivity index (χ4n) is 4.67. The van der Waals surface area contributed by atoms with Crippen LogP contribution in [0.15, 0.2) is 0 Å². The number of fused-ring (bicyclic) bond motifs is 1. The minimum absolute atomic E-state index is 0.0114. The zero-order chi connectivity index (χ0) is 14.3. The summed E-state index contributed by atoms with van der Waals surface area (Å²) in [5.74, 6) is -0.841. The van der Waals surface area contributed by atoms with E-state index in [2.05, 4.69) is 6.92 Å². The van der Waals surface area contributed by atoms with Crippen molar-refractivity contribution in [3.05, 3.63) is 0 Å². The number of epoxide rings is 1. The lowest BCUT2D eigenvalue weighted by Gasteiger charge is -2.54. The maximum Gasteiger partial charge on any atom is 0.311 e. The van der Waals surface area contributed by atoms with Crippen molar-refractivity contribution >= 4 is 5.97 Å². The second kappa shape index (κ2) is 3.76. The third-order valence-corrected chi connectivity index (χ3v) is 6.10. The molecule has 4 rings (SSSR count). The molecule has 112 valence electrons. The SMILES string of the molecule is C[C@@H]1CC[C@H]2[C@@H](C)C(=O)O[C@@H]3O[C@]4(C)O[C@@H]4C[C@@H]1[C@]32O. The number of hydrogen-bond donors (Lipinski definition) is 1. The predicted molar refractivity (Wildman–Crippen MR) is 68.4 cm³/mol. The van der Waals surface area contributed by atoms with Crippen LogP contribution >= 0.6 is 0 Å². The number of carbonyl (C=O) groups excluding carboxylic acids is 1. The summed E-state index contributed by atoms with van der Waals surface area (Å²) in [5, 5.41) is 11.4. The highest BCUT2D eigenvalue weighted by molar-refractivity contribution is 5.74. The molecule has 0 amide bonds. The summed E-state index contributed by atoms with van der Waals surface area (Å²) < 4.78 is 16.9. The van der Waals surface area contributed by atoms with Crippen LogP contribution in [0.1, 0.15) is 40.0 Å². The molecule has 3 heterocycles. The summed E-state index contributed by atoms with van der Waals surface area (Å²) in [4.78, 5) is 12.1. The highest BCUT2D eigenvalue weighted by Gasteiger charge is 2.70. The van der Waals surface area contributed by atoms with E-state index >= 15 is 0 Å². The monoisotopic (exact) mass is 282 g/mol. The van der Waals surface area contributed by atoms with E-state index in [0.29, 0.717) is 5.92 Å². The van der Waals surface area contributed by atoms with Gasteiger partial charge in [-0.05, 0) is 38.0 Å². The van der Waals surface area contributed by atoms with E-state index in [1.165, 1.54) is 0 Å². The Kier molecular flexibility index (Phi) is 2.45. The molecule has 1 N–H and O–H groups in total. The van der Waals surface area contributed by atoms with E-state index < -0.39 is 17.7 Å². The molecule has 0 aromatic rings. The van der Waals surface area contributed by atoms with Crippen LogP contribution in [0.2, 0.25) is 0 Å². The molecule has 0 unspecified atom stereocenters. The van der Waals surface area contributed by atoms with Gasteiger partial charge in [-0.3, -0.25) is 4.79 Å². The van der Waals surface area contributed by atoms with Crippen molar-refractivity contribution in [2.24, 2.45) is 23.7 Å². The van der Waals surface area contributed by atoms with Gasteiger partial charge in [0.15, 0.2) is 5.79 Å². The number of aliphatic hydroxyl groups is 1. The first-order valence-corrected chi connectivity index (χ1v) is 7.64. The number of esters is 1. The molecule has 0 aromatic heterocycles. The van der Waals surface area contributed by atoms with Crippen LogP contribution in [0.3, 0.4) is 0 Å². The van der Waals surface area contributed by atoms with Gasteiger partial charge in [0, 0.05) is 5.92 Å². The van der Waals surface area contributed by atoms with E-state index in [9.17, 15) is 9.90 Å². The molecule has 20 heavy (non-hydrogen) atoms. The Labute approximate surface area is 118 Å². The minimum atomic E-state index is -1.06. The lowest BCUT2D eigenvalue weighted by molar-refractivity contribution is -0.323. The zero-order valence-corrected chi connectivity index (χ0v) is 12.2. The van der Waals surface area contributed by atoms with E-state index in [1.807, 2.05) is 13.8 Å². The van der Waals surface area contributed by atoms with Crippen molar-refractivity contribution in [3.8, 4) is 0 Å². The van der Waals surface area contributed by atoms with Crippen molar-refractivity contribution in [2.45, 2.75) is 63.8 Å². The summed E-state index contributed by atoms with van der Waals surface area (Å²) >= 11 is 0. The van der Waals surface area contributed by atoms with Crippen molar-refractivity contribution < 1.29 is 24.1 Å². The summed E-state index contributed by atoms with van der Waals surface area (Å²) in [6.45, 7) is 5.89. The van der Waals surface area contributed by atoms with Crippen molar-refractivity contribution in [1.82, 2.24) is 0 Å². The number of hydrogen-bond acceptors (Lipinski definition) is 5. The van der Waals surface area contributed by atoms with Gasteiger partial charge in [-0.1, -0.05) is 13.8 Å². The van der Waals surface area contributed by atoms with Crippen molar-refractivity contribution in [3.63, 3.8) is 0 Å². The quantitative estimate of drug-likeness (QED) is 0.538. The Morgan fingerprint density at radius 1 is 1.20 bits per heavy atom. The van der Waals surface area contributed by atoms with Gasteiger partial charge in [-0.15, -0.1) is 0 Å². The molecule has 3 aliphatic heterocycles. The van der Waals surface area contributed by atoms with Gasteiger partial charge in [0.05, 0.1) is 5.92 Å². The molecule has 0 spiro atoms. The minimum Gasteiger partial charge on any atom is -0.432 e. The van der Waals surface area contributed by atoms with Gasteiger partial charge >= 0.3 is 5.97 Å². The molecule has 0 aromatic carbocycles. The third kappa shape index (κ3) is 1.46. The first kappa shape index (κ1) is 13.0. The van der Waals surface area contributed by atoms with E-state index in [1.54, 1.807) is 0 Å². The molecule has 3 saturated heterocycles. The average Bonchev–Trinajstić information content (AvgIpc) is 3.02. The van der Waals surface area contributed by atoms with Crippen LogP contribution in [-0.2, 0) is 19.0 Å². The van der Waals surface area contributed by atoms with Gasteiger partial charge in [0.25, 0.3) is 0 Å². The van der Waals surface area contributed by atoms with Gasteiger partial charge in [-0.2, -0.15) is 0 Å². The van der Waals surface area contributed by atoms with Crippen LogP contribution in [0.4, 0.5) is 0 Å². The molecule has 5 nitrogen and oxygen atoms in total. The third-order valence-electron chi connectivity index (χ3n) is 6.10. The Morgan fingerprint density at radius 3 is 2.70 bits per heavy atom. The molecular weight excluding hydrogens is 260 g/mol. The number of rotatable bonds is 0. The molecule has 4 aliphatic rings. The Morgan fingerprint density at radius 2 is 1.95 bits per heavy atom. The van der Waals surface area contributed by atoms with Crippen LogP contribution in [0.25, 0.3) is 0 Å².